The van der Waals surface area contributed by atoms with E-state index in [2.05, 4.69) is 12.2 Å². The predicted octanol–water partition coefficient (Wildman–Crippen LogP) is 4.68. The van der Waals surface area contributed by atoms with Gasteiger partial charge in [-0.2, -0.15) is 0 Å². The zero-order valence-electron chi connectivity index (χ0n) is 12.2. The molecule has 0 unspecified atom stereocenters. The Balaban J connectivity index is 2.09. The number of hydrogen-bond acceptors (Lipinski definition) is 1. The Kier molecular flexibility index (Phi) is 4.94. The summed E-state index contributed by atoms with van der Waals surface area (Å²) in [6, 6.07) is 5.90. The van der Waals surface area contributed by atoms with Gasteiger partial charge in [0.15, 0.2) is 0 Å². The van der Waals surface area contributed by atoms with Crippen LogP contribution < -0.4 is 5.32 Å². The largest absolute Gasteiger partial charge is 0.322 e. The van der Waals surface area contributed by atoms with Crippen molar-refractivity contribution in [2.24, 2.45) is 5.92 Å². The quantitative estimate of drug-likeness (QED) is 0.797. The van der Waals surface area contributed by atoms with Gasteiger partial charge in [0, 0.05) is 11.3 Å². The summed E-state index contributed by atoms with van der Waals surface area (Å²) in [5.74, 6) is 0.430. The number of anilines is 1. The van der Waals surface area contributed by atoms with Crippen molar-refractivity contribution in [1.82, 2.24) is 0 Å². The first-order chi connectivity index (χ1) is 9.60. The molecule has 0 saturated heterocycles. The van der Waals surface area contributed by atoms with Crippen LogP contribution in [0.4, 0.5) is 10.1 Å². The molecule has 1 N–H and O–H groups in total. The molecule has 0 spiro atoms. The van der Waals surface area contributed by atoms with Crippen LogP contribution in [0.3, 0.4) is 0 Å². The molecule has 108 valence electrons. The standard InChI is InChI=1S/C17H22FNO/c1-3-16(13-6-4-12(2)5-7-13)17(20)19-15-10-8-14(18)9-11-15/h8-12H,3-7H2,1-2H3,(H,19,20). The van der Waals surface area contributed by atoms with Gasteiger partial charge in [-0.1, -0.05) is 19.4 Å². The van der Waals surface area contributed by atoms with Crippen LogP contribution >= 0.6 is 0 Å². The molecule has 0 radical (unpaired) electrons. The van der Waals surface area contributed by atoms with E-state index in [0.29, 0.717) is 5.69 Å². The van der Waals surface area contributed by atoms with Gasteiger partial charge in [-0.25, -0.2) is 4.39 Å². The van der Waals surface area contributed by atoms with Crippen LogP contribution in [-0.4, -0.2) is 5.91 Å². The van der Waals surface area contributed by atoms with Crippen LogP contribution in [-0.2, 0) is 4.79 Å². The monoisotopic (exact) mass is 275 g/mol. The molecule has 1 fully saturated rings. The lowest BCUT2D eigenvalue weighted by Gasteiger charge is -2.23. The molecule has 0 aliphatic heterocycles. The summed E-state index contributed by atoms with van der Waals surface area (Å²) in [7, 11) is 0. The van der Waals surface area contributed by atoms with Gasteiger partial charge in [0.05, 0.1) is 0 Å². The van der Waals surface area contributed by atoms with E-state index in [0.717, 1.165) is 30.8 Å². The van der Waals surface area contributed by atoms with Crippen LogP contribution in [0, 0.1) is 11.7 Å². The highest BCUT2D eigenvalue weighted by Crippen LogP contribution is 2.31. The van der Waals surface area contributed by atoms with Crippen molar-refractivity contribution in [3.05, 3.63) is 41.2 Å². The van der Waals surface area contributed by atoms with Gasteiger partial charge in [-0.15, -0.1) is 0 Å². The van der Waals surface area contributed by atoms with E-state index in [1.54, 1.807) is 12.1 Å². The van der Waals surface area contributed by atoms with Crippen molar-refractivity contribution in [2.75, 3.05) is 5.32 Å². The SMILES string of the molecule is CCC(C(=O)Nc1ccc(F)cc1)=C1CCC(C)CC1. The normalized spacial score (nSPS) is 18.8. The molecule has 20 heavy (non-hydrogen) atoms. The second-order valence-corrected chi connectivity index (χ2v) is 5.58. The lowest BCUT2D eigenvalue weighted by atomic mass is 9.84. The summed E-state index contributed by atoms with van der Waals surface area (Å²) in [5, 5.41) is 2.87. The first-order valence-electron chi connectivity index (χ1n) is 7.38. The minimum Gasteiger partial charge on any atom is -0.322 e. The van der Waals surface area contributed by atoms with Crippen molar-refractivity contribution in [1.29, 1.82) is 0 Å². The lowest BCUT2D eigenvalue weighted by molar-refractivity contribution is -0.113. The summed E-state index contributed by atoms with van der Waals surface area (Å²) in [6.45, 7) is 4.28. The van der Waals surface area contributed by atoms with Gasteiger partial charge in [-0.05, 0) is 62.3 Å². The summed E-state index contributed by atoms with van der Waals surface area (Å²) < 4.78 is 12.9. The van der Waals surface area contributed by atoms with Crippen molar-refractivity contribution in [3.63, 3.8) is 0 Å². The fourth-order valence-corrected chi connectivity index (χ4v) is 2.72. The molecule has 1 amide bonds. The number of benzene rings is 1. The summed E-state index contributed by atoms with van der Waals surface area (Å²) in [4.78, 5) is 12.3. The lowest BCUT2D eigenvalue weighted by Crippen LogP contribution is -2.18. The van der Waals surface area contributed by atoms with Crippen LogP contribution in [0.5, 0.6) is 0 Å². The molecular formula is C17H22FNO. The van der Waals surface area contributed by atoms with Crippen LogP contribution in [0.2, 0.25) is 0 Å². The summed E-state index contributed by atoms with van der Waals surface area (Å²) >= 11 is 0. The van der Waals surface area contributed by atoms with Gasteiger partial charge in [0.25, 0.3) is 5.91 Å². The smallest absolute Gasteiger partial charge is 0.251 e. The molecule has 2 rings (SSSR count). The maximum Gasteiger partial charge on any atom is 0.251 e. The molecule has 2 nitrogen and oxygen atoms in total. The molecule has 1 aromatic rings. The van der Waals surface area contributed by atoms with E-state index >= 15 is 0 Å². The topological polar surface area (TPSA) is 29.1 Å². The van der Waals surface area contributed by atoms with Gasteiger partial charge in [0.2, 0.25) is 0 Å². The van der Waals surface area contributed by atoms with Crippen molar-refractivity contribution < 1.29 is 9.18 Å². The zero-order valence-corrected chi connectivity index (χ0v) is 12.2. The second kappa shape index (κ2) is 6.69. The molecule has 0 bridgehead atoms. The Morgan fingerprint density at radius 3 is 2.40 bits per heavy atom. The van der Waals surface area contributed by atoms with E-state index in [9.17, 15) is 9.18 Å². The molecule has 1 aliphatic rings. The van der Waals surface area contributed by atoms with Crippen LogP contribution in [0.1, 0.15) is 46.0 Å². The Morgan fingerprint density at radius 1 is 1.25 bits per heavy atom. The maximum atomic E-state index is 12.9. The number of nitrogens with one attached hydrogen (secondary N) is 1. The Labute approximate surface area is 120 Å². The third-order valence-corrected chi connectivity index (χ3v) is 4.03. The minimum absolute atomic E-state index is 0.0383. The molecular weight excluding hydrogens is 253 g/mol. The maximum absolute atomic E-state index is 12.9. The van der Waals surface area contributed by atoms with Crippen molar-refractivity contribution >= 4 is 11.6 Å². The first-order valence-corrected chi connectivity index (χ1v) is 7.38. The molecule has 0 aromatic heterocycles. The van der Waals surface area contributed by atoms with E-state index in [-0.39, 0.29) is 11.7 Å². The highest BCUT2D eigenvalue weighted by molar-refractivity contribution is 6.04. The number of amides is 1. The molecule has 3 heteroatoms. The summed E-state index contributed by atoms with van der Waals surface area (Å²) in [5.41, 5.74) is 2.85. The van der Waals surface area contributed by atoms with E-state index in [1.165, 1.54) is 30.5 Å². The molecule has 1 aromatic carbocycles. The fraction of sp³-hybridized carbons (Fsp3) is 0.471. The van der Waals surface area contributed by atoms with Crippen LogP contribution in [0.15, 0.2) is 35.4 Å². The average molecular weight is 275 g/mol. The molecule has 1 aliphatic carbocycles. The highest BCUT2D eigenvalue weighted by Gasteiger charge is 2.19. The van der Waals surface area contributed by atoms with Gasteiger partial charge in [-0.3, -0.25) is 4.79 Å². The first kappa shape index (κ1) is 14.8. The van der Waals surface area contributed by atoms with Crippen molar-refractivity contribution in [3.8, 4) is 0 Å². The third kappa shape index (κ3) is 3.69. The number of rotatable bonds is 3. The number of hydrogen-bond donors (Lipinski definition) is 1. The summed E-state index contributed by atoms with van der Waals surface area (Å²) in [6.07, 6.45) is 5.14. The fourth-order valence-electron chi connectivity index (χ4n) is 2.72. The van der Waals surface area contributed by atoms with Crippen LogP contribution in [0.25, 0.3) is 0 Å². The molecule has 0 atom stereocenters. The average Bonchev–Trinajstić information content (AvgIpc) is 2.44. The van der Waals surface area contributed by atoms with E-state index < -0.39 is 0 Å². The second-order valence-electron chi connectivity index (χ2n) is 5.58. The predicted molar refractivity (Wildman–Crippen MR) is 80.0 cm³/mol. The number of halogens is 1. The van der Waals surface area contributed by atoms with Gasteiger partial charge in [0.1, 0.15) is 5.82 Å². The number of carbonyl (C=O) groups is 1. The Bertz CT molecular complexity index is 494. The Morgan fingerprint density at radius 2 is 1.85 bits per heavy atom. The number of carbonyl (C=O) groups excluding carboxylic acids is 1. The molecule has 1 saturated carbocycles. The number of allylic oxidation sites excluding steroid dienone is 1. The zero-order chi connectivity index (χ0) is 14.5. The van der Waals surface area contributed by atoms with Crippen molar-refractivity contribution in [2.45, 2.75) is 46.0 Å². The van der Waals surface area contributed by atoms with E-state index in [1.807, 2.05) is 6.92 Å². The minimum atomic E-state index is -0.293. The third-order valence-electron chi connectivity index (χ3n) is 4.03. The highest BCUT2D eigenvalue weighted by atomic mass is 19.1. The van der Waals surface area contributed by atoms with E-state index in [4.69, 9.17) is 0 Å². The van der Waals surface area contributed by atoms with Gasteiger partial charge < -0.3 is 5.32 Å². The van der Waals surface area contributed by atoms with Gasteiger partial charge >= 0.3 is 0 Å². The Hall–Kier alpha value is -1.64. The molecule has 0 heterocycles.